The molecule has 0 saturated heterocycles. The summed E-state index contributed by atoms with van der Waals surface area (Å²) in [5.41, 5.74) is 0.830. The Bertz CT molecular complexity index is 285. The first kappa shape index (κ1) is 9.25. The molecule has 0 aliphatic carbocycles. The third-order valence-electron chi connectivity index (χ3n) is 1.55. The summed E-state index contributed by atoms with van der Waals surface area (Å²) >= 11 is 3.17. The van der Waals surface area contributed by atoms with E-state index in [0.717, 1.165) is 5.69 Å². The van der Waals surface area contributed by atoms with Crippen LogP contribution in [0.3, 0.4) is 0 Å². The normalized spacial score (nSPS) is 12.8. The van der Waals surface area contributed by atoms with E-state index in [9.17, 15) is 4.79 Å². The van der Waals surface area contributed by atoms with E-state index in [0.29, 0.717) is 11.0 Å². The van der Waals surface area contributed by atoms with Gasteiger partial charge in [-0.2, -0.15) is 5.10 Å². The fraction of sp³-hybridized carbons (Fsp3) is 0.429. The van der Waals surface area contributed by atoms with Gasteiger partial charge in [-0.15, -0.1) is 0 Å². The summed E-state index contributed by atoms with van der Waals surface area (Å²) in [6, 6.07) is 1.78. The number of H-pyrrole nitrogens is 1. The molecule has 0 amide bonds. The van der Waals surface area contributed by atoms with Crippen LogP contribution in [-0.4, -0.2) is 21.3 Å². The molecule has 0 radical (unpaired) electrons. The molecule has 0 aliphatic heterocycles. The summed E-state index contributed by atoms with van der Waals surface area (Å²) in [7, 11) is 0. The number of aliphatic carboxylic acids is 1. The van der Waals surface area contributed by atoms with Gasteiger partial charge in [0.1, 0.15) is 4.60 Å². The molecule has 12 heavy (non-hydrogen) atoms. The van der Waals surface area contributed by atoms with Gasteiger partial charge in [-0.05, 0) is 22.0 Å². The Morgan fingerprint density at radius 2 is 2.58 bits per heavy atom. The van der Waals surface area contributed by atoms with Gasteiger partial charge in [0.05, 0.1) is 5.92 Å². The summed E-state index contributed by atoms with van der Waals surface area (Å²) in [5.74, 6) is -1.17. The zero-order chi connectivity index (χ0) is 9.14. The predicted molar refractivity (Wildman–Crippen MR) is 46.8 cm³/mol. The van der Waals surface area contributed by atoms with E-state index < -0.39 is 5.97 Å². The standard InChI is InChI=1S/C7H9BrN2O2/c1-4(7(11)12)2-5-3-6(8)10-9-5/h3-4H,2H2,1H3,(H,9,10)(H,11,12). The zero-order valence-corrected chi connectivity index (χ0v) is 8.13. The van der Waals surface area contributed by atoms with Crippen LogP contribution in [-0.2, 0) is 11.2 Å². The number of nitrogens with zero attached hydrogens (tertiary/aromatic N) is 1. The van der Waals surface area contributed by atoms with Gasteiger partial charge in [-0.25, -0.2) is 0 Å². The Kier molecular flexibility index (Phi) is 2.86. The Hall–Kier alpha value is -0.840. The first-order chi connectivity index (χ1) is 5.59. The lowest BCUT2D eigenvalue weighted by Gasteiger charge is -2.01. The lowest BCUT2D eigenvalue weighted by atomic mass is 10.1. The molecule has 0 saturated carbocycles. The number of rotatable bonds is 3. The van der Waals surface area contributed by atoms with Crippen molar-refractivity contribution in [2.75, 3.05) is 0 Å². The molecule has 1 heterocycles. The molecule has 5 heteroatoms. The van der Waals surface area contributed by atoms with Crippen molar-refractivity contribution in [2.24, 2.45) is 5.92 Å². The van der Waals surface area contributed by atoms with Crippen LogP contribution < -0.4 is 0 Å². The van der Waals surface area contributed by atoms with Crippen LogP contribution in [0.5, 0.6) is 0 Å². The molecule has 0 bridgehead atoms. The second-order valence-electron chi connectivity index (χ2n) is 2.66. The largest absolute Gasteiger partial charge is 0.481 e. The first-order valence-corrected chi connectivity index (χ1v) is 4.31. The molecule has 1 aromatic rings. The van der Waals surface area contributed by atoms with Crippen LogP contribution in [0.15, 0.2) is 10.7 Å². The van der Waals surface area contributed by atoms with Gasteiger partial charge in [0.25, 0.3) is 0 Å². The summed E-state index contributed by atoms with van der Waals surface area (Å²) in [6.45, 7) is 1.66. The quantitative estimate of drug-likeness (QED) is 0.829. The highest BCUT2D eigenvalue weighted by Crippen LogP contribution is 2.11. The van der Waals surface area contributed by atoms with Crippen LogP contribution in [0, 0.1) is 5.92 Å². The number of aromatic amines is 1. The topological polar surface area (TPSA) is 66.0 Å². The second kappa shape index (κ2) is 3.71. The van der Waals surface area contributed by atoms with Crippen molar-refractivity contribution >= 4 is 21.9 Å². The maximum absolute atomic E-state index is 10.5. The number of halogens is 1. The van der Waals surface area contributed by atoms with E-state index in [1.54, 1.807) is 13.0 Å². The molecule has 4 nitrogen and oxygen atoms in total. The zero-order valence-electron chi connectivity index (χ0n) is 6.54. The monoisotopic (exact) mass is 232 g/mol. The smallest absolute Gasteiger partial charge is 0.306 e. The van der Waals surface area contributed by atoms with E-state index >= 15 is 0 Å². The van der Waals surface area contributed by atoms with Crippen molar-refractivity contribution in [3.63, 3.8) is 0 Å². The van der Waals surface area contributed by atoms with Gasteiger partial charge in [0.2, 0.25) is 0 Å². The van der Waals surface area contributed by atoms with Crippen LogP contribution in [0.2, 0.25) is 0 Å². The van der Waals surface area contributed by atoms with E-state index in [1.165, 1.54) is 0 Å². The highest BCUT2D eigenvalue weighted by atomic mass is 79.9. The number of nitrogens with one attached hydrogen (secondary N) is 1. The molecule has 1 unspecified atom stereocenters. The first-order valence-electron chi connectivity index (χ1n) is 3.52. The van der Waals surface area contributed by atoms with Crippen LogP contribution in [0.1, 0.15) is 12.6 Å². The third kappa shape index (κ3) is 2.34. The lowest BCUT2D eigenvalue weighted by molar-refractivity contribution is -0.141. The maximum atomic E-state index is 10.5. The van der Waals surface area contributed by atoms with Gasteiger partial charge in [0, 0.05) is 12.1 Å². The van der Waals surface area contributed by atoms with Crippen molar-refractivity contribution in [2.45, 2.75) is 13.3 Å². The molecule has 0 aliphatic rings. The van der Waals surface area contributed by atoms with Crippen molar-refractivity contribution in [3.8, 4) is 0 Å². The molecule has 1 rings (SSSR count). The van der Waals surface area contributed by atoms with Crippen LogP contribution >= 0.6 is 15.9 Å². The second-order valence-corrected chi connectivity index (χ2v) is 3.47. The van der Waals surface area contributed by atoms with Gasteiger partial charge in [-0.1, -0.05) is 6.92 Å². The number of carboxylic acid groups (broad SMARTS) is 1. The van der Waals surface area contributed by atoms with Crippen molar-refractivity contribution in [1.29, 1.82) is 0 Å². The van der Waals surface area contributed by atoms with Crippen LogP contribution in [0.4, 0.5) is 0 Å². The van der Waals surface area contributed by atoms with Gasteiger partial charge < -0.3 is 5.11 Å². The average molecular weight is 233 g/mol. The molecule has 2 N–H and O–H groups in total. The number of hydrogen-bond acceptors (Lipinski definition) is 2. The molecule has 1 atom stereocenters. The van der Waals surface area contributed by atoms with Crippen molar-refractivity contribution in [3.05, 3.63) is 16.4 Å². The molecule has 0 spiro atoms. The molecular formula is C7H9BrN2O2. The summed E-state index contributed by atoms with van der Waals surface area (Å²) in [6.07, 6.45) is 0.480. The minimum absolute atomic E-state index is 0.377. The number of carbonyl (C=O) groups is 1. The summed E-state index contributed by atoms with van der Waals surface area (Å²) in [4.78, 5) is 10.5. The fourth-order valence-electron chi connectivity index (χ4n) is 0.855. The lowest BCUT2D eigenvalue weighted by Crippen LogP contribution is -2.12. The molecule has 66 valence electrons. The van der Waals surface area contributed by atoms with Crippen LogP contribution in [0.25, 0.3) is 0 Å². The molecular weight excluding hydrogens is 224 g/mol. The maximum Gasteiger partial charge on any atom is 0.306 e. The van der Waals surface area contributed by atoms with Gasteiger partial charge >= 0.3 is 5.97 Å². The minimum atomic E-state index is -0.791. The number of hydrogen-bond donors (Lipinski definition) is 2. The molecule has 1 aromatic heterocycles. The SMILES string of the molecule is CC(Cc1cc(Br)n[nH]1)C(=O)O. The Labute approximate surface area is 78.1 Å². The van der Waals surface area contributed by atoms with Crippen molar-refractivity contribution < 1.29 is 9.90 Å². The Balaban J connectivity index is 2.58. The number of aromatic nitrogens is 2. The number of carboxylic acids is 1. The van der Waals surface area contributed by atoms with Crippen molar-refractivity contribution in [1.82, 2.24) is 10.2 Å². The summed E-state index contributed by atoms with van der Waals surface area (Å²) < 4.78 is 0.704. The minimum Gasteiger partial charge on any atom is -0.481 e. The highest BCUT2D eigenvalue weighted by Gasteiger charge is 2.12. The summed E-state index contributed by atoms with van der Waals surface area (Å²) in [5, 5.41) is 15.2. The molecule has 0 fully saturated rings. The van der Waals surface area contributed by atoms with E-state index in [2.05, 4.69) is 26.1 Å². The van der Waals surface area contributed by atoms with Gasteiger partial charge in [0.15, 0.2) is 0 Å². The van der Waals surface area contributed by atoms with Gasteiger partial charge in [-0.3, -0.25) is 9.89 Å². The Morgan fingerprint density at radius 3 is 3.00 bits per heavy atom. The molecule has 0 aromatic carbocycles. The predicted octanol–water partition coefficient (Wildman–Crippen LogP) is 1.44. The van der Waals surface area contributed by atoms with E-state index in [1.807, 2.05) is 0 Å². The Morgan fingerprint density at radius 1 is 1.92 bits per heavy atom. The third-order valence-corrected chi connectivity index (χ3v) is 1.95. The van der Waals surface area contributed by atoms with E-state index in [-0.39, 0.29) is 5.92 Å². The fourth-order valence-corrected chi connectivity index (χ4v) is 1.22. The van der Waals surface area contributed by atoms with E-state index in [4.69, 9.17) is 5.11 Å². The average Bonchev–Trinajstić information content (AvgIpc) is 2.35. The highest BCUT2D eigenvalue weighted by molar-refractivity contribution is 9.10.